The zero-order valence-electron chi connectivity index (χ0n) is 16.0. The van der Waals surface area contributed by atoms with Gasteiger partial charge in [0.25, 0.3) is 15.9 Å². The number of alkyl halides is 2. The molecular formula is C20H19F3N4O2S. The summed E-state index contributed by atoms with van der Waals surface area (Å²) in [6, 6.07) is 8.79. The smallest absolute Gasteiger partial charge is 0.282 e. The standard InChI is InChI=1S/C20H19F3N4O2S/c1-24-8-14-6-19(17-4-2-3-5-18(17)21)27(11-14)30(28,29)16-7-15(9-25-10-16)26-12-20(22,23)13-26/h2-7,9-11,24H,8,12-13H2,1H3. The van der Waals surface area contributed by atoms with Crippen molar-refractivity contribution in [2.24, 2.45) is 0 Å². The van der Waals surface area contributed by atoms with Gasteiger partial charge in [0.15, 0.2) is 0 Å². The van der Waals surface area contributed by atoms with Crippen LogP contribution in [0.25, 0.3) is 11.3 Å². The lowest BCUT2D eigenvalue weighted by Crippen LogP contribution is -2.56. The molecule has 0 aliphatic carbocycles. The van der Waals surface area contributed by atoms with Gasteiger partial charge in [-0.25, -0.2) is 25.6 Å². The van der Waals surface area contributed by atoms with E-state index in [2.05, 4.69) is 10.3 Å². The van der Waals surface area contributed by atoms with Crippen LogP contribution in [0.5, 0.6) is 0 Å². The molecule has 3 aromatic rings. The van der Waals surface area contributed by atoms with Crippen LogP contribution in [-0.2, 0) is 16.6 Å². The van der Waals surface area contributed by atoms with Gasteiger partial charge < -0.3 is 10.2 Å². The Balaban J connectivity index is 1.79. The highest BCUT2D eigenvalue weighted by atomic mass is 32.2. The van der Waals surface area contributed by atoms with Crippen molar-refractivity contribution in [3.63, 3.8) is 0 Å². The van der Waals surface area contributed by atoms with Crippen molar-refractivity contribution in [1.29, 1.82) is 0 Å². The largest absolute Gasteiger partial charge is 0.358 e. The van der Waals surface area contributed by atoms with Crippen molar-refractivity contribution in [1.82, 2.24) is 14.3 Å². The third-order valence-corrected chi connectivity index (χ3v) is 6.48. The number of hydrogen-bond donors (Lipinski definition) is 1. The summed E-state index contributed by atoms with van der Waals surface area (Å²) in [6.07, 6.45) is 3.91. The molecule has 0 spiro atoms. The van der Waals surface area contributed by atoms with E-state index in [1.807, 2.05) is 0 Å². The van der Waals surface area contributed by atoms with Crippen molar-refractivity contribution in [2.75, 3.05) is 25.0 Å². The zero-order chi connectivity index (χ0) is 21.5. The van der Waals surface area contributed by atoms with Crippen LogP contribution in [0, 0.1) is 5.82 Å². The highest BCUT2D eigenvalue weighted by Crippen LogP contribution is 2.33. The minimum Gasteiger partial charge on any atom is -0.358 e. The first-order valence-corrected chi connectivity index (χ1v) is 10.6. The Kier molecular flexibility index (Phi) is 5.07. The Bertz CT molecular complexity index is 1190. The average Bonchev–Trinajstić information content (AvgIpc) is 3.11. The van der Waals surface area contributed by atoms with Gasteiger partial charge in [0.2, 0.25) is 0 Å². The molecular weight excluding hydrogens is 417 g/mol. The molecule has 1 aromatic carbocycles. The summed E-state index contributed by atoms with van der Waals surface area (Å²) in [4.78, 5) is 5.11. The maximum Gasteiger partial charge on any atom is 0.282 e. The van der Waals surface area contributed by atoms with Crippen molar-refractivity contribution in [2.45, 2.75) is 17.4 Å². The molecule has 30 heavy (non-hydrogen) atoms. The monoisotopic (exact) mass is 436 g/mol. The van der Waals surface area contributed by atoms with E-state index >= 15 is 0 Å². The summed E-state index contributed by atoms with van der Waals surface area (Å²) >= 11 is 0. The third kappa shape index (κ3) is 3.68. The van der Waals surface area contributed by atoms with Crippen molar-refractivity contribution >= 4 is 15.7 Å². The minimum absolute atomic E-state index is 0.134. The fraction of sp³-hybridized carbons (Fsp3) is 0.250. The molecule has 158 valence electrons. The predicted molar refractivity (Wildman–Crippen MR) is 107 cm³/mol. The van der Waals surface area contributed by atoms with Crippen LogP contribution < -0.4 is 10.2 Å². The average molecular weight is 436 g/mol. The lowest BCUT2D eigenvalue weighted by atomic mass is 10.1. The molecule has 10 heteroatoms. The maximum atomic E-state index is 14.4. The summed E-state index contributed by atoms with van der Waals surface area (Å²) < 4.78 is 68.6. The van der Waals surface area contributed by atoms with Gasteiger partial charge in [-0.15, -0.1) is 0 Å². The van der Waals surface area contributed by atoms with Crippen molar-refractivity contribution < 1.29 is 21.6 Å². The summed E-state index contributed by atoms with van der Waals surface area (Å²) in [5.74, 6) is -3.35. The van der Waals surface area contributed by atoms with E-state index in [1.54, 1.807) is 19.2 Å². The molecule has 0 amide bonds. The number of pyridine rings is 1. The summed E-state index contributed by atoms with van der Waals surface area (Å²) in [5.41, 5.74) is 1.23. The first-order valence-electron chi connectivity index (χ1n) is 9.15. The first kappa shape index (κ1) is 20.4. The molecule has 0 bridgehead atoms. The highest BCUT2D eigenvalue weighted by Gasteiger charge is 2.44. The number of anilines is 1. The summed E-state index contributed by atoms with van der Waals surface area (Å²) in [6.45, 7) is -0.603. The molecule has 3 heterocycles. The van der Waals surface area contributed by atoms with E-state index < -0.39 is 34.9 Å². The second kappa shape index (κ2) is 7.44. The lowest BCUT2D eigenvalue weighted by Gasteiger charge is -2.40. The van der Waals surface area contributed by atoms with E-state index in [9.17, 15) is 21.6 Å². The fourth-order valence-corrected chi connectivity index (χ4v) is 4.77. The quantitative estimate of drug-likeness (QED) is 0.643. The van der Waals surface area contributed by atoms with Crippen LogP contribution in [0.2, 0.25) is 0 Å². The van der Waals surface area contributed by atoms with Gasteiger partial charge in [-0.3, -0.25) is 4.98 Å². The zero-order valence-corrected chi connectivity index (χ0v) is 16.8. The Morgan fingerprint density at radius 1 is 1.17 bits per heavy atom. The molecule has 1 fully saturated rings. The van der Waals surface area contributed by atoms with Gasteiger partial charge in [-0.05, 0) is 36.9 Å². The lowest BCUT2D eigenvalue weighted by molar-refractivity contribution is -0.0263. The molecule has 0 saturated carbocycles. The normalized spacial score (nSPS) is 15.8. The molecule has 1 aliphatic heterocycles. The van der Waals surface area contributed by atoms with Crippen LogP contribution in [0.3, 0.4) is 0 Å². The Hall–Kier alpha value is -2.85. The third-order valence-electron chi connectivity index (χ3n) is 4.84. The van der Waals surface area contributed by atoms with Gasteiger partial charge in [0.1, 0.15) is 10.7 Å². The number of nitrogens with zero attached hydrogens (tertiary/aromatic N) is 3. The van der Waals surface area contributed by atoms with Crippen molar-refractivity contribution in [3.05, 3.63) is 66.4 Å². The van der Waals surface area contributed by atoms with Gasteiger partial charge in [-0.2, -0.15) is 0 Å². The molecule has 0 atom stereocenters. The van der Waals surface area contributed by atoms with E-state index in [0.29, 0.717) is 12.1 Å². The highest BCUT2D eigenvalue weighted by molar-refractivity contribution is 7.90. The Morgan fingerprint density at radius 2 is 1.90 bits per heavy atom. The molecule has 1 aliphatic rings. The second-order valence-corrected chi connectivity index (χ2v) is 8.95. The van der Waals surface area contributed by atoms with Crippen LogP contribution in [0.1, 0.15) is 5.56 Å². The Labute approximate surface area is 172 Å². The number of hydrogen-bond acceptors (Lipinski definition) is 5. The van der Waals surface area contributed by atoms with Gasteiger partial charge in [0, 0.05) is 24.5 Å². The first-order chi connectivity index (χ1) is 14.2. The maximum absolute atomic E-state index is 14.4. The molecule has 6 nitrogen and oxygen atoms in total. The van der Waals surface area contributed by atoms with Crippen LogP contribution in [0.15, 0.2) is 59.9 Å². The van der Waals surface area contributed by atoms with Crippen molar-refractivity contribution in [3.8, 4) is 11.3 Å². The molecule has 1 N–H and O–H groups in total. The fourth-order valence-electron chi connectivity index (χ4n) is 3.39. The molecule has 2 aromatic heterocycles. The van der Waals surface area contributed by atoms with Gasteiger partial charge in [0.05, 0.1) is 30.7 Å². The van der Waals surface area contributed by atoms with E-state index in [4.69, 9.17) is 0 Å². The number of nitrogens with one attached hydrogen (secondary N) is 1. The predicted octanol–water partition coefficient (Wildman–Crippen LogP) is 3.10. The Morgan fingerprint density at radius 3 is 2.57 bits per heavy atom. The molecule has 0 unspecified atom stereocenters. The summed E-state index contributed by atoms with van der Waals surface area (Å²) in [5, 5.41) is 2.94. The topological polar surface area (TPSA) is 67.2 Å². The van der Waals surface area contributed by atoms with Gasteiger partial charge >= 0.3 is 0 Å². The number of rotatable bonds is 6. The van der Waals surface area contributed by atoms with Crippen LogP contribution in [-0.4, -0.2) is 43.4 Å². The SMILES string of the molecule is CNCc1cc(-c2ccccc2F)n(S(=O)(=O)c2cncc(N3CC(F)(F)C3)c2)c1. The molecule has 4 rings (SSSR count). The second-order valence-electron chi connectivity index (χ2n) is 7.14. The number of halogens is 3. The van der Waals surface area contributed by atoms with Crippen LogP contribution >= 0.6 is 0 Å². The van der Waals surface area contributed by atoms with E-state index in [-0.39, 0.29) is 21.8 Å². The minimum atomic E-state index is -4.16. The van der Waals surface area contributed by atoms with Crippen LogP contribution in [0.4, 0.5) is 18.9 Å². The molecule has 0 radical (unpaired) electrons. The number of benzene rings is 1. The van der Waals surface area contributed by atoms with E-state index in [1.165, 1.54) is 41.6 Å². The van der Waals surface area contributed by atoms with Gasteiger partial charge in [-0.1, -0.05) is 12.1 Å². The molecule has 1 saturated heterocycles. The van der Waals surface area contributed by atoms with E-state index in [0.717, 1.165) is 10.2 Å². The summed E-state index contributed by atoms with van der Waals surface area (Å²) in [7, 11) is -2.44. The number of aromatic nitrogens is 2.